The molecule has 1 amide bonds. The molecule has 1 atom stereocenters. The van der Waals surface area contributed by atoms with Gasteiger partial charge in [-0.2, -0.15) is 0 Å². The highest BCUT2D eigenvalue weighted by Gasteiger charge is 2.04. The number of nitrogens with one attached hydrogen (secondary N) is 1. The molecule has 4 heteroatoms. The molecular formula is C12H26N2O2. The van der Waals surface area contributed by atoms with Crippen LogP contribution in [0.25, 0.3) is 0 Å². The summed E-state index contributed by atoms with van der Waals surface area (Å²) in [4.78, 5) is 11.4. The summed E-state index contributed by atoms with van der Waals surface area (Å²) in [5, 5.41) is 2.83. The molecule has 0 bridgehead atoms. The molecule has 0 fully saturated rings. The highest BCUT2D eigenvalue weighted by Crippen LogP contribution is 2.02. The number of rotatable bonds is 9. The van der Waals surface area contributed by atoms with Gasteiger partial charge in [-0.1, -0.05) is 20.8 Å². The van der Waals surface area contributed by atoms with Crippen LogP contribution < -0.4 is 11.1 Å². The minimum absolute atomic E-state index is 0.0912. The predicted octanol–water partition coefficient (Wildman–Crippen LogP) is 1.15. The molecule has 0 rings (SSSR count). The Kier molecular flexibility index (Phi) is 9.24. The largest absolute Gasteiger partial charge is 0.379 e. The Balaban J connectivity index is 3.30. The van der Waals surface area contributed by atoms with Crippen LogP contribution in [0.4, 0.5) is 0 Å². The van der Waals surface area contributed by atoms with E-state index < -0.39 is 0 Å². The summed E-state index contributed by atoms with van der Waals surface area (Å²) in [6.45, 7) is 8.85. The number of nitrogens with two attached hydrogens (primary N) is 1. The predicted molar refractivity (Wildman–Crippen MR) is 66.1 cm³/mol. The lowest BCUT2D eigenvalue weighted by Crippen LogP contribution is -2.28. The second-order valence-electron chi connectivity index (χ2n) is 4.70. The summed E-state index contributed by atoms with van der Waals surface area (Å²) in [5.41, 5.74) is 5.47. The van der Waals surface area contributed by atoms with Gasteiger partial charge in [0.25, 0.3) is 0 Å². The van der Waals surface area contributed by atoms with E-state index in [1.807, 2.05) is 0 Å². The van der Waals surface area contributed by atoms with Gasteiger partial charge in [-0.05, 0) is 24.8 Å². The number of hydrogen-bond acceptors (Lipinski definition) is 3. The van der Waals surface area contributed by atoms with Crippen LogP contribution in [0.5, 0.6) is 0 Å². The molecule has 0 aliphatic carbocycles. The van der Waals surface area contributed by atoms with Gasteiger partial charge in [0.05, 0.1) is 6.61 Å². The summed E-state index contributed by atoms with van der Waals surface area (Å²) in [6, 6.07) is 0. The number of hydrogen-bond donors (Lipinski definition) is 2. The fraction of sp³-hybridized carbons (Fsp3) is 0.917. The fourth-order valence-electron chi connectivity index (χ4n) is 1.17. The van der Waals surface area contributed by atoms with Crippen LogP contribution in [0.15, 0.2) is 0 Å². The zero-order chi connectivity index (χ0) is 12.4. The maximum Gasteiger partial charge on any atom is 0.220 e. The Labute approximate surface area is 98.9 Å². The van der Waals surface area contributed by atoms with Crippen LogP contribution in [-0.2, 0) is 9.53 Å². The highest BCUT2D eigenvalue weighted by atomic mass is 16.5. The van der Waals surface area contributed by atoms with Crippen LogP contribution in [0, 0.1) is 11.8 Å². The fourth-order valence-corrected chi connectivity index (χ4v) is 1.17. The molecule has 4 nitrogen and oxygen atoms in total. The molecule has 0 aromatic heterocycles. The van der Waals surface area contributed by atoms with Crippen LogP contribution >= 0.6 is 0 Å². The average molecular weight is 230 g/mol. The second kappa shape index (κ2) is 9.60. The summed E-state index contributed by atoms with van der Waals surface area (Å²) >= 11 is 0. The van der Waals surface area contributed by atoms with Gasteiger partial charge in [-0.15, -0.1) is 0 Å². The van der Waals surface area contributed by atoms with Gasteiger partial charge in [0.2, 0.25) is 5.91 Å². The standard InChI is InChI=1S/C12H26N2O2/c1-10(2)9-16-7-6-14-12(15)5-4-11(3)8-13/h10-11H,4-9,13H2,1-3H3,(H,14,15). The first-order chi connectivity index (χ1) is 7.56. The van der Waals surface area contributed by atoms with E-state index >= 15 is 0 Å². The van der Waals surface area contributed by atoms with Crippen LogP contribution in [0.3, 0.4) is 0 Å². The summed E-state index contributed by atoms with van der Waals surface area (Å²) < 4.78 is 5.36. The molecule has 3 N–H and O–H groups in total. The van der Waals surface area contributed by atoms with Gasteiger partial charge < -0.3 is 15.8 Å². The van der Waals surface area contributed by atoms with E-state index in [0.717, 1.165) is 13.0 Å². The molecule has 0 aromatic carbocycles. The topological polar surface area (TPSA) is 64.3 Å². The van der Waals surface area contributed by atoms with Gasteiger partial charge in [0.1, 0.15) is 0 Å². The van der Waals surface area contributed by atoms with E-state index in [4.69, 9.17) is 10.5 Å². The third kappa shape index (κ3) is 9.93. The van der Waals surface area contributed by atoms with E-state index in [9.17, 15) is 4.79 Å². The van der Waals surface area contributed by atoms with Gasteiger partial charge >= 0.3 is 0 Å². The van der Waals surface area contributed by atoms with Gasteiger partial charge in [0.15, 0.2) is 0 Å². The number of ether oxygens (including phenoxy) is 1. The van der Waals surface area contributed by atoms with Crippen molar-refractivity contribution in [1.29, 1.82) is 0 Å². The maximum absolute atomic E-state index is 11.4. The summed E-state index contributed by atoms with van der Waals surface area (Å²) in [6.07, 6.45) is 1.41. The van der Waals surface area contributed by atoms with Crippen molar-refractivity contribution < 1.29 is 9.53 Å². The first-order valence-electron chi connectivity index (χ1n) is 6.10. The quantitative estimate of drug-likeness (QED) is 0.584. The van der Waals surface area contributed by atoms with Gasteiger partial charge in [-0.3, -0.25) is 4.79 Å². The molecule has 0 radical (unpaired) electrons. The van der Waals surface area contributed by atoms with Crippen LogP contribution in [0.2, 0.25) is 0 Å². The molecule has 0 saturated heterocycles. The molecule has 0 aliphatic heterocycles. The maximum atomic E-state index is 11.4. The molecule has 0 spiro atoms. The monoisotopic (exact) mass is 230 g/mol. The summed E-state index contributed by atoms with van der Waals surface area (Å²) in [5.74, 6) is 1.05. The third-order valence-electron chi connectivity index (χ3n) is 2.29. The van der Waals surface area contributed by atoms with Crippen molar-refractivity contribution >= 4 is 5.91 Å². The van der Waals surface area contributed by atoms with E-state index in [2.05, 4.69) is 26.1 Å². The van der Waals surface area contributed by atoms with E-state index in [1.165, 1.54) is 0 Å². The Morgan fingerprint density at radius 3 is 2.62 bits per heavy atom. The molecule has 0 saturated carbocycles. The van der Waals surface area contributed by atoms with Crippen molar-refractivity contribution in [1.82, 2.24) is 5.32 Å². The summed E-state index contributed by atoms with van der Waals surface area (Å²) in [7, 11) is 0. The first kappa shape index (κ1) is 15.4. The SMILES string of the molecule is CC(C)COCCNC(=O)CCC(C)CN. The van der Waals surface area contributed by atoms with Crippen LogP contribution in [0.1, 0.15) is 33.6 Å². The molecule has 0 aliphatic rings. The van der Waals surface area contributed by atoms with E-state index in [0.29, 0.717) is 38.0 Å². The minimum Gasteiger partial charge on any atom is -0.379 e. The smallest absolute Gasteiger partial charge is 0.220 e. The Bertz CT molecular complexity index is 184. The number of carbonyl (C=O) groups excluding carboxylic acids is 1. The van der Waals surface area contributed by atoms with E-state index in [1.54, 1.807) is 0 Å². The lowest BCUT2D eigenvalue weighted by molar-refractivity contribution is -0.121. The number of amides is 1. The van der Waals surface area contributed by atoms with Crippen molar-refractivity contribution in [3.8, 4) is 0 Å². The molecule has 96 valence electrons. The third-order valence-corrected chi connectivity index (χ3v) is 2.29. The van der Waals surface area contributed by atoms with Gasteiger partial charge in [-0.25, -0.2) is 0 Å². The molecule has 16 heavy (non-hydrogen) atoms. The van der Waals surface area contributed by atoms with Crippen molar-refractivity contribution in [3.63, 3.8) is 0 Å². The molecule has 0 heterocycles. The molecule has 1 unspecified atom stereocenters. The lowest BCUT2D eigenvalue weighted by atomic mass is 10.1. The van der Waals surface area contributed by atoms with Crippen molar-refractivity contribution in [2.45, 2.75) is 33.6 Å². The minimum atomic E-state index is 0.0912. The molecular weight excluding hydrogens is 204 g/mol. The first-order valence-corrected chi connectivity index (χ1v) is 6.10. The van der Waals surface area contributed by atoms with Gasteiger partial charge in [0, 0.05) is 19.6 Å². The highest BCUT2D eigenvalue weighted by molar-refractivity contribution is 5.75. The Hall–Kier alpha value is -0.610. The Morgan fingerprint density at radius 2 is 2.06 bits per heavy atom. The zero-order valence-corrected chi connectivity index (χ0v) is 10.8. The van der Waals surface area contributed by atoms with E-state index in [-0.39, 0.29) is 5.91 Å². The molecule has 0 aromatic rings. The normalized spacial score (nSPS) is 12.8. The van der Waals surface area contributed by atoms with Crippen LogP contribution in [-0.4, -0.2) is 32.2 Å². The Morgan fingerprint density at radius 1 is 1.38 bits per heavy atom. The average Bonchev–Trinajstić information content (AvgIpc) is 2.24. The van der Waals surface area contributed by atoms with Crippen molar-refractivity contribution in [2.24, 2.45) is 17.6 Å². The van der Waals surface area contributed by atoms with Crippen molar-refractivity contribution in [2.75, 3.05) is 26.3 Å². The van der Waals surface area contributed by atoms with Crippen molar-refractivity contribution in [3.05, 3.63) is 0 Å². The lowest BCUT2D eigenvalue weighted by Gasteiger charge is -2.09. The second-order valence-corrected chi connectivity index (χ2v) is 4.70. The zero-order valence-electron chi connectivity index (χ0n) is 10.8. The number of carbonyl (C=O) groups is 1.